The Balaban J connectivity index is 2.54. The molecule has 13 heavy (non-hydrogen) atoms. The summed E-state index contributed by atoms with van der Waals surface area (Å²) in [7, 11) is 0. The smallest absolute Gasteiger partial charge is 0.0866 e. The van der Waals surface area contributed by atoms with Crippen LogP contribution in [0.25, 0.3) is 0 Å². The number of ether oxygens (including phenoxy) is 1. The van der Waals surface area contributed by atoms with Gasteiger partial charge in [0.15, 0.2) is 0 Å². The van der Waals surface area contributed by atoms with Crippen molar-refractivity contribution in [1.82, 2.24) is 0 Å². The van der Waals surface area contributed by atoms with E-state index in [1.54, 1.807) is 0 Å². The molecule has 2 heteroatoms. The third kappa shape index (κ3) is 2.69. The molecular formula is C11H21BrO. The highest BCUT2D eigenvalue weighted by Gasteiger charge is 2.44. The number of alkyl halides is 1. The van der Waals surface area contributed by atoms with Gasteiger partial charge in [-0.3, -0.25) is 0 Å². The van der Waals surface area contributed by atoms with E-state index in [2.05, 4.69) is 36.7 Å². The van der Waals surface area contributed by atoms with Gasteiger partial charge in [-0.1, -0.05) is 36.7 Å². The van der Waals surface area contributed by atoms with Gasteiger partial charge in [0.05, 0.1) is 12.7 Å². The molecule has 0 aliphatic carbocycles. The van der Waals surface area contributed by atoms with E-state index in [1.165, 1.54) is 25.7 Å². The molecule has 1 aliphatic heterocycles. The molecule has 2 unspecified atom stereocenters. The van der Waals surface area contributed by atoms with Gasteiger partial charge in [-0.2, -0.15) is 0 Å². The Bertz CT molecular complexity index is 150. The highest BCUT2D eigenvalue weighted by Crippen LogP contribution is 2.44. The maximum Gasteiger partial charge on any atom is 0.0866 e. The fraction of sp³-hybridized carbons (Fsp3) is 1.00. The van der Waals surface area contributed by atoms with E-state index >= 15 is 0 Å². The van der Waals surface area contributed by atoms with Crippen LogP contribution in [0, 0.1) is 5.41 Å². The minimum Gasteiger partial charge on any atom is -0.373 e. The van der Waals surface area contributed by atoms with Crippen molar-refractivity contribution in [1.29, 1.82) is 0 Å². The van der Waals surface area contributed by atoms with Crippen molar-refractivity contribution >= 4 is 15.9 Å². The highest BCUT2D eigenvalue weighted by atomic mass is 79.9. The van der Waals surface area contributed by atoms with Gasteiger partial charge in [0.25, 0.3) is 0 Å². The van der Waals surface area contributed by atoms with Crippen LogP contribution in [0.4, 0.5) is 0 Å². The molecule has 1 rings (SSSR count). The van der Waals surface area contributed by atoms with Gasteiger partial charge in [-0.05, 0) is 31.1 Å². The van der Waals surface area contributed by atoms with Crippen LogP contribution in [-0.2, 0) is 4.74 Å². The molecule has 0 aromatic rings. The Morgan fingerprint density at radius 2 is 1.92 bits per heavy atom. The predicted octanol–water partition coefficient (Wildman–Crippen LogP) is 3.76. The van der Waals surface area contributed by atoms with Gasteiger partial charge in [0.1, 0.15) is 0 Å². The van der Waals surface area contributed by atoms with E-state index in [4.69, 9.17) is 4.74 Å². The molecule has 1 fully saturated rings. The summed E-state index contributed by atoms with van der Waals surface area (Å²) in [6.07, 6.45) is 5.52. The summed E-state index contributed by atoms with van der Waals surface area (Å²) >= 11 is 3.73. The third-order valence-electron chi connectivity index (χ3n) is 3.50. The lowest BCUT2D eigenvalue weighted by Crippen LogP contribution is -2.29. The number of hydrogen-bond acceptors (Lipinski definition) is 1. The summed E-state index contributed by atoms with van der Waals surface area (Å²) < 4.78 is 5.48. The zero-order chi connectivity index (χ0) is 9.90. The molecule has 0 spiro atoms. The van der Waals surface area contributed by atoms with E-state index in [0.717, 1.165) is 6.61 Å². The van der Waals surface area contributed by atoms with Crippen molar-refractivity contribution in [3.63, 3.8) is 0 Å². The molecule has 0 saturated carbocycles. The molecule has 2 atom stereocenters. The Labute approximate surface area is 90.4 Å². The minimum absolute atomic E-state index is 0.449. The van der Waals surface area contributed by atoms with Gasteiger partial charge < -0.3 is 4.74 Å². The van der Waals surface area contributed by atoms with Crippen LogP contribution in [-0.4, -0.2) is 17.5 Å². The fourth-order valence-corrected chi connectivity index (χ4v) is 2.76. The zero-order valence-corrected chi connectivity index (χ0v) is 10.6. The first-order valence-corrected chi connectivity index (χ1v) is 6.35. The molecule has 0 amide bonds. The van der Waals surface area contributed by atoms with Crippen LogP contribution < -0.4 is 0 Å². The Morgan fingerprint density at radius 3 is 2.23 bits per heavy atom. The van der Waals surface area contributed by atoms with E-state index in [9.17, 15) is 0 Å². The average Bonchev–Trinajstić information content (AvgIpc) is 2.97. The molecule has 0 N–H and O–H groups in total. The van der Waals surface area contributed by atoms with E-state index in [0.29, 0.717) is 16.3 Å². The standard InChI is InChI=1S/C11H21BrO/c1-4-9(12)7-11(5-2,6-3)10-8-13-10/h9-10H,4-8H2,1-3H3. The van der Waals surface area contributed by atoms with Crippen molar-refractivity contribution in [2.45, 2.75) is 57.4 Å². The van der Waals surface area contributed by atoms with Crippen molar-refractivity contribution in [2.24, 2.45) is 5.41 Å². The first-order chi connectivity index (χ1) is 6.18. The number of epoxide rings is 1. The van der Waals surface area contributed by atoms with Gasteiger partial charge in [-0.25, -0.2) is 0 Å². The monoisotopic (exact) mass is 248 g/mol. The number of hydrogen-bond donors (Lipinski definition) is 0. The highest BCUT2D eigenvalue weighted by molar-refractivity contribution is 9.09. The Kier molecular flexibility index (Phi) is 4.24. The van der Waals surface area contributed by atoms with Gasteiger partial charge >= 0.3 is 0 Å². The van der Waals surface area contributed by atoms with E-state index in [-0.39, 0.29) is 0 Å². The molecule has 0 aromatic carbocycles. The minimum atomic E-state index is 0.449. The number of rotatable bonds is 6. The maximum atomic E-state index is 5.48. The van der Waals surface area contributed by atoms with Crippen LogP contribution in [0.15, 0.2) is 0 Å². The van der Waals surface area contributed by atoms with E-state index in [1.807, 2.05) is 0 Å². The Morgan fingerprint density at radius 1 is 1.38 bits per heavy atom. The van der Waals surface area contributed by atoms with Crippen molar-refractivity contribution in [2.75, 3.05) is 6.61 Å². The fourth-order valence-electron chi connectivity index (χ4n) is 2.11. The molecule has 78 valence electrons. The van der Waals surface area contributed by atoms with Gasteiger partial charge in [0.2, 0.25) is 0 Å². The normalized spacial score (nSPS) is 24.5. The summed E-state index contributed by atoms with van der Waals surface area (Å²) in [5.41, 5.74) is 0.449. The van der Waals surface area contributed by atoms with Crippen LogP contribution in [0.3, 0.4) is 0 Å². The summed E-state index contributed by atoms with van der Waals surface area (Å²) in [5, 5.41) is 0. The largest absolute Gasteiger partial charge is 0.373 e. The number of halogens is 1. The topological polar surface area (TPSA) is 12.5 Å². The first kappa shape index (κ1) is 11.5. The van der Waals surface area contributed by atoms with Crippen LogP contribution in [0.1, 0.15) is 46.5 Å². The second-order valence-electron chi connectivity index (χ2n) is 4.10. The molecular weight excluding hydrogens is 228 g/mol. The van der Waals surface area contributed by atoms with Crippen molar-refractivity contribution in [3.8, 4) is 0 Å². The average molecular weight is 249 g/mol. The second kappa shape index (κ2) is 4.79. The molecule has 1 aliphatic rings. The van der Waals surface area contributed by atoms with Gasteiger partial charge in [-0.15, -0.1) is 0 Å². The van der Waals surface area contributed by atoms with E-state index < -0.39 is 0 Å². The lowest BCUT2D eigenvalue weighted by atomic mass is 9.75. The van der Waals surface area contributed by atoms with Crippen LogP contribution in [0.2, 0.25) is 0 Å². The third-order valence-corrected chi connectivity index (χ3v) is 4.47. The Hall–Kier alpha value is 0.440. The lowest BCUT2D eigenvalue weighted by molar-refractivity contribution is 0.164. The van der Waals surface area contributed by atoms with Crippen LogP contribution in [0.5, 0.6) is 0 Å². The van der Waals surface area contributed by atoms with Crippen molar-refractivity contribution in [3.05, 3.63) is 0 Å². The summed E-state index contributed by atoms with van der Waals surface area (Å²) in [4.78, 5) is 0.664. The van der Waals surface area contributed by atoms with Gasteiger partial charge in [0, 0.05) is 4.83 Å². The molecule has 1 saturated heterocycles. The SMILES string of the molecule is CCC(Br)CC(CC)(CC)C1CO1. The lowest BCUT2D eigenvalue weighted by Gasteiger charge is -2.31. The zero-order valence-electron chi connectivity index (χ0n) is 8.98. The quantitative estimate of drug-likeness (QED) is 0.516. The maximum absolute atomic E-state index is 5.48. The summed E-state index contributed by atoms with van der Waals surface area (Å²) in [6, 6.07) is 0. The summed E-state index contributed by atoms with van der Waals surface area (Å²) in [6.45, 7) is 7.81. The van der Waals surface area contributed by atoms with Crippen LogP contribution >= 0.6 is 15.9 Å². The molecule has 1 nitrogen and oxygen atoms in total. The molecule has 0 bridgehead atoms. The molecule has 0 aromatic heterocycles. The second-order valence-corrected chi connectivity index (χ2v) is 5.40. The molecule has 1 heterocycles. The van der Waals surface area contributed by atoms with Crippen molar-refractivity contribution < 1.29 is 4.74 Å². The predicted molar refractivity (Wildman–Crippen MR) is 60.4 cm³/mol. The molecule has 0 radical (unpaired) electrons. The first-order valence-electron chi connectivity index (χ1n) is 5.44. The summed E-state index contributed by atoms with van der Waals surface area (Å²) in [5.74, 6) is 0.